The monoisotopic (exact) mass is 564 g/mol. The van der Waals surface area contributed by atoms with E-state index in [4.69, 9.17) is 4.74 Å². The Balaban J connectivity index is 1.61. The smallest absolute Gasteiger partial charge is 0.416 e. The van der Waals surface area contributed by atoms with E-state index in [1.54, 1.807) is 13.0 Å². The molecule has 1 atom stereocenters. The number of ether oxygens (including phenoxy) is 1. The van der Waals surface area contributed by atoms with E-state index in [1.807, 2.05) is 42.5 Å². The van der Waals surface area contributed by atoms with Crippen LogP contribution < -0.4 is 5.69 Å². The average Bonchev–Trinajstić information content (AvgIpc) is 3.53. The highest BCUT2D eigenvalue weighted by molar-refractivity contribution is 8.01. The minimum atomic E-state index is -4.54. The third kappa shape index (κ3) is 4.50. The predicted molar refractivity (Wildman–Crippen MR) is 148 cm³/mol. The number of benzene rings is 3. The maximum atomic E-state index is 13.8. The zero-order chi connectivity index (χ0) is 28.1. The van der Waals surface area contributed by atoms with Crippen molar-refractivity contribution in [2.24, 2.45) is 0 Å². The van der Waals surface area contributed by atoms with Gasteiger partial charge in [-0.05, 0) is 53.8 Å². The van der Waals surface area contributed by atoms with Gasteiger partial charge in [0.15, 0.2) is 6.04 Å². The van der Waals surface area contributed by atoms with Crippen molar-refractivity contribution in [2.45, 2.75) is 61.0 Å². The van der Waals surface area contributed by atoms with Gasteiger partial charge in [-0.2, -0.15) is 18.2 Å². The second-order valence-electron chi connectivity index (χ2n) is 10.3. The molecule has 1 spiro atoms. The number of aromatic nitrogens is 2. The van der Waals surface area contributed by atoms with Crippen LogP contribution in [-0.4, -0.2) is 26.9 Å². The molecule has 5 nitrogen and oxygen atoms in total. The third-order valence-electron chi connectivity index (χ3n) is 7.89. The van der Waals surface area contributed by atoms with Crippen molar-refractivity contribution < 1.29 is 22.7 Å². The van der Waals surface area contributed by atoms with Crippen LogP contribution in [0.15, 0.2) is 76.6 Å². The highest BCUT2D eigenvalue weighted by atomic mass is 32.2. The molecule has 206 valence electrons. The summed E-state index contributed by atoms with van der Waals surface area (Å²) in [6.07, 6.45) is -1.12. The van der Waals surface area contributed by atoms with Crippen LogP contribution in [0, 0.1) is 0 Å². The lowest BCUT2D eigenvalue weighted by molar-refractivity contribution is -0.148. The molecule has 0 N–H and O–H groups in total. The lowest BCUT2D eigenvalue weighted by Gasteiger charge is -2.28. The van der Waals surface area contributed by atoms with Gasteiger partial charge in [-0.15, -0.1) is 0 Å². The first-order valence-corrected chi connectivity index (χ1v) is 14.2. The Hall–Kier alpha value is -3.59. The fraction of sp³-hybridized carbons (Fsp3) is 0.323. The Bertz CT molecular complexity index is 1670. The molecule has 40 heavy (non-hydrogen) atoms. The molecule has 6 rings (SSSR count). The molecular weight excluding hydrogens is 537 g/mol. The number of carbonyl (C=O) groups excluding carboxylic acids is 1. The number of halogens is 3. The summed E-state index contributed by atoms with van der Waals surface area (Å²) < 4.78 is 47.6. The largest absolute Gasteiger partial charge is 0.464 e. The van der Waals surface area contributed by atoms with Crippen molar-refractivity contribution in [3.05, 3.63) is 94.0 Å². The van der Waals surface area contributed by atoms with E-state index in [0.717, 1.165) is 41.3 Å². The third-order valence-corrected chi connectivity index (χ3v) is 9.52. The number of hydrogen-bond acceptors (Lipinski definition) is 5. The molecule has 1 unspecified atom stereocenters. The van der Waals surface area contributed by atoms with Gasteiger partial charge in [-0.1, -0.05) is 79.2 Å². The number of alkyl halides is 3. The normalized spacial score (nSPS) is 17.9. The minimum absolute atomic E-state index is 0.160. The Morgan fingerprint density at radius 1 is 1.07 bits per heavy atom. The van der Waals surface area contributed by atoms with E-state index in [0.29, 0.717) is 34.7 Å². The Labute approximate surface area is 233 Å². The first kappa shape index (κ1) is 26.6. The maximum absolute atomic E-state index is 13.8. The zero-order valence-electron chi connectivity index (χ0n) is 21.8. The molecular formula is C31H27F3N2O3S. The lowest BCUT2D eigenvalue weighted by atomic mass is 9.94. The molecule has 0 amide bonds. The Morgan fingerprint density at radius 2 is 1.80 bits per heavy atom. The quantitative estimate of drug-likeness (QED) is 0.190. The van der Waals surface area contributed by atoms with Crippen molar-refractivity contribution in [2.75, 3.05) is 6.61 Å². The first-order chi connectivity index (χ1) is 19.2. The molecule has 2 heterocycles. The molecule has 3 aromatic carbocycles. The average molecular weight is 565 g/mol. The van der Waals surface area contributed by atoms with E-state index < -0.39 is 34.2 Å². The van der Waals surface area contributed by atoms with Crippen LogP contribution in [0.5, 0.6) is 0 Å². The van der Waals surface area contributed by atoms with Gasteiger partial charge in [0.05, 0.1) is 27.6 Å². The van der Waals surface area contributed by atoms with Crippen LogP contribution in [0.1, 0.15) is 55.5 Å². The van der Waals surface area contributed by atoms with Crippen LogP contribution in [0.2, 0.25) is 0 Å². The summed E-state index contributed by atoms with van der Waals surface area (Å²) in [5.74, 6) is -0.503. The molecule has 9 heteroatoms. The summed E-state index contributed by atoms with van der Waals surface area (Å²) in [6.45, 7) is 1.87. The number of carbonyl (C=O) groups is 1. The van der Waals surface area contributed by atoms with Gasteiger partial charge in [0.2, 0.25) is 0 Å². The topological polar surface area (TPSA) is 61.2 Å². The van der Waals surface area contributed by atoms with Gasteiger partial charge in [0, 0.05) is 12.0 Å². The number of esters is 1. The standard InChI is InChI=1S/C31H27F3N2O3S/c1-2-39-28(37)26-30(15-5-6-16-30)40-27-25(21-12-8-13-22(17-21)31(32,33)34)24(35-29(38)36(26)27)18-20-11-7-10-19-9-3-4-14-23(19)20/h3-4,7-14,17,26H,2,5-6,15-16,18H2,1H3. The minimum Gasteiger partial charge on any atom is -0.464 e. The number of thioether (sulfide) groups is 1. The highest BCUT2D eigenvalue weighted by Crippen LogP contribution is 2.59. The van der Waals surface area contributed by atoms with E-state index >= 15 is 0 Å². The molecule has 0 bridgehead atoms. The Kier molecular flexibility index (Phi) is 6.73. The molecule has 2 aliphatic rings. The van der Waals surface area contributed by atoms with Crippen molar-refractivity contribution in [1.82, 2.24) is 9.55 Å². The predicted octanol–water partition coefficient (Wildman–Crippen LogP) is 7.20. The van der Waals surface area contributed by atoms with E-state index in [1.165, 1.54) is 22.4 Å². The molecule has 1 aliphatic carbocycles. The second kappa shape index (κ2) is 10.1. The molecule has 0 saturated heterocycles. The van der Waals surface area contributed by atoms with Crippen LogP contribution in [-0.2, 0) is 22.1 Å². The van der Waals surface area contributed by atoms with Crippen LogP contribution in [0.4, 0.5) is 13.2 Å². The van der Waals surface area contributed by atoms with E-state index in [2.05, 4.69) is 4.98 Å². The SMILES string of the molecule is CCOC(=O)C1n2c(c(-c3cccc(C(F)(F)F)c3)c(Cc3cccc4ccccc34)nc2=O)SC12CCCC2. The van der Waals surface area contributed by atoms with Gasteiger partial charge >= 0.3 is 17.8 Å². The summed E-state index contributed by atoms with van der Waals surface area (Å²) in [5, 5.41) is 2.47. The van der Waals surface area contributed by atoms with Crippen molar-refractivity contribution >= 4 is 28.5 Å². The summed E-state index contributed by atoms with van der Waals surface area (Å²) in [7, 11) is 0. The summed E-state index contributed by atoms with van der Waals surface area (Å²) in [4.78, 5) is 31.5. The maximum Gasteiger partial charge on any atom is 0.416 e. The van der Waals surface area contributed by atoms with Crippen LogP contribution in [0.25, 0.3) is 21.9 Å². The molecule has 1 aromatic heterocycles. The molecule has 0 radical (unpaired) electrons. The second-order valence-corrected chi connectivity index (χ2v) is 11.7. The van der Waals surface area contributed by atoms with Gasteiger partial charge in [-0.25, -0.2) is 9.59 Å². The van der Waals surface area contributed by atoms with Crippen molar-refractivity contribution in [1.29, 1.82) is 0 Å². The van der Waals surface area contributed by atoms with Crippen molar-refractivity contribution in [3.8, 4) is 11.1 Å². The number of nitrogens with zero attached hydrogens (tertiary/aromatic N) is 2. The molecule has 4 aromatic rings. The highest BCUT2D eigenvalue weighted by Gasteiger charge is 2.54. The van der Waals surface area contributed by atoms with Crippen LogP contribution >= 0.6 is 11.8 Å². The number of rotatable bonds is 5. The number of hydrogen-bond donors (Lipinski definition) is 0. The van der Waals surface area contributed by atoms with Crippen LogP contribution in [0.3, 0.4) is 0 Å². The van der Waals surface area contributed by atoms with Gasteiger partial charge in [-0.3, -0.25) is 4.57 Å². The summed E-state index contributed by atoms with van der Waals surface area (Å²) >= 11 is 1.43. The summed E-state index contributed by atoms with van der Waals surface area (Å²) in [6, 6.07) is 17.9. The lowest BCUT2D eigenvalue weighted by Crippen LogP contribution is -2.40. The summed E-state index contributed by atoms with van der Waals surface area (Å²) in [5.41, 5.74) is 0.691. The van der Waals surface area contributed by atoms with E-state index in [9.17, 15) is 22.8 Å². The number of fused-ring (bicyclic) bond motifs is 2. The fourth-order valence-electron chi connectivity index (χ4n) is 6.15. The Morgan fingerprint density at radius 3 is 2.55 bits per heavy atom. The zero-order valence-corrected chi connectivity index (χ0v) is 22.6. The van der Waals surface area contributed by atoms with E-state index in [-0.39, 0.29) is 13.0 Å². The van der Waals surface area contributed by atoms with Gasteiger partial charge < -0.3 is 4.74 Å². The first-order valence-electron chi connectivity index (χ1n) is 13.4. The molecule has 1 fully saturated rings. The fourth-order valence-corrected chi connectivity index (χ4v) is 7.96. The molecule has 1 aliphatic heterocycles. The van der Waals surface area contributed by atoms with Gasteiger partial charge in [0.25, 0.3) is 0 Å². The molecule has 1 saturated carbocycles. The van der Waals surface area contributed by atoms with Crippen molar-refractivity contribution in [3.63, 3.8) is 0 Å². The van der Waals surface area contributed by atoms with Gasteiger partial charge in [0.1, 0.15) is 0 Å².